The van der Waals surface area contributed by atoms with Gasteiger partial charge in [-0.15, -0.1) is 0 Å². The van der Waals surface area contributed by atoms with Crippen molar-refractivity contribution in [1.29, 1.82) is 0 Å². The van der Waals surface area contributed by atoms with Gasteiger partial charge >= 0.3 is 0 Å². The van der Waals surface area contributed by atoms with Crippen molar-refractivity contribution in [2.24, 2.45) is 5.92 Å². The fraction of sp³-hybridized carbons (Fsp3) is 0.476. The van der Waals surface area contributed by atoms with Gasteiger partial charge in [0.25, 0.3) is 5.91 Å². The lowest BCUT2D eigenvalue weighted by Crippen LogP contribution is -2.52. The average Bonchev–Trinajstić information content (AvgIpc) is 2.73. The first-order valence-electron chi connectivity index (χ1n) is 9.77. The summed E-state index contributed by atoms with van der Waals surface area (Å²) in [5.74, 6) is -0.228. The van der Waals surface area contributed by atoms with Crippen LogP contribution in [0.4, 0.5) is 4.39 Å². The molecule has 0 bridgehead atoms. The lowest BCUT2D eigenvalue weighted by atomic mass is 9.88. The van der Waals surface area contributed by atoms with Gasteiger partial charge in [0, 0.05) is 37.5 Å². The van der Waals surface area contributed by atoms with Gasteiger partial charge in [0.15, 0.2) is 0 Å². The first-order valence-corrected chi connectivity index (χ1v) is 9.77. The van der Waals surface area contributed by atoms with Crippen LogP contribution in [0.25, 0.3) is 10.9 Å². The number of para-hydroxylation sites is 1. The predicted octanol–water partition coefficient (Wildman–Crippen LogP) is 3.24. The van der Waals surface area contributed by atoms with Crippen molar-refractivity contribution in [2.75, 3.05) is 26.2 Å². The maximum Gasteiger partial charge on any atom is 0.272 e. The van der Waals surface area contributed by atoms with Crippen molar-refractivity contribution in [1.82, 2.24) is 14.8 Å². The number of aromatic nitrogens is 1. The lowest BCUT2D eigenvalue weighted by molar-refractivity contribution is -0.138. The average molecular weight is 369 g/mol. The van der Waals surface area contributed by atoms with Crippen molar-refractivity contribution in [3.63, 3.8) is 0 Å². The van der Waals surface area contributed by atoms with Crippen molar-refractivity contribution in [3.05, 3.63) is 41.8 Å². The molecule has 2 fully saturated rings. The van der Waals surface area contributed by atoms with Crippen LogP contribution in [0, 0.1) is 11.7 Å². The number of piperazine rings is 1. The number of benzene rings is 1. The first kappa shape index (κ1) is 17.9. The number of fused-ring (bicyclic) bond motifs is 1. The van der Waals surface area contributed by atoms with E-state index in [1.54, 1.807) is 29.2 Å². The van der Waals surface area contributed by atoms with Gasteiger partial charge in [0.05, 0.1) is 0 Å². The fourth-order valence-corrected chi connectivity index (χ4v) is 4.13. The largest absolute Gasteiger partial charge is 0.339 e. The highest BCUT2D eigenvalue weighted by molar-refractivity contribution is 5.95. The maximum atomic E-state index is 14.0. The van der Waals surface area contributed by atoms with Crippen LogP contribution >= 0.6 is 0 Å². The Kier molecular flexibility index (Phi) is 5.05. The number of halogens is 1. The van der Waals surface area contributed by atoms with Crippen LogP contribution in [0.15, 0.2) is 30.3 Å². The zero-order valence-electron chi connectivity index (χ0n) is 15.4. The Morgan fingerprint density at radius 3 is 2.37 bits per heavy atom. The summed E-state index contributed by atoms with van der Waals surface area (Å²) in [7, 11) is 0. The molecule has 0 radical (unpaired) electrons. The number of hydrogen-bond donors (Lipinski definition) is 0. The van der Waals surface area contributed by atoms with E-state index in [-0.39, 0.29) is 28.9 Å². The molecule has 0 N–H and O–H groups in total. The van der Waals surface area contributed by atoms with E-state index >= 15 is 0 Å². The van der Waals surface area contributed by atoms with Gasteiger partial charge in [0.2, 0.25) is 5.91 Å². The molecule has 1 aromatic heterocycles. The predicted molar refractivity (Wildman–Crippen MR) is 101 cm³/mol. The first-order chi connectivity index (χ1) is 13.1. The summed E-state index contributed by atoms with van der Waals surface area (Å²) in [5.41, 5.74) is 0.467. The van der Waals surface area contributed by atoms with Crippen LogP contribution in [0.1, 0.15) is 42.6 Å². The molecule has 0 unspecified atom stereocenters. The van der Waals surface area contributed by atoms with Crippen LogP contribution in [-0.4, -0.2) is 52.8 Å². The van der Waals surface area contributed by atoms with Gasteiger partial charge in [-0.1, -0.05) is 37.5 Å². The normalized spacial score (nSPS) is 18.7. The Morgan fingerprint density at radius 2 is 1.63 bits per heavy atom. The third-order valence-electron chi connectivity index (χ3n) is 5.72. The summed E-state index contributed by atoms with van der Waals surface area (Å²) in [4.78, 5) is 33.3. The van der Waals surface area contributed by atoms with E-state index in [0.29, 0.717) is 31.6 Å². The minimum absolute atomic E-state index is 0.158. The molecule has 1 saturated carbocycles. The summed E-state index contributed by atoms with van der Waals surface area (Å²) in [6.07, 6.45) is 5.48. The Labute approximate surface area is 158 Å². The summed E-state index contributed by atoms with van der Waals surface area (Å²) in [6, 6.07) is 8.11. The van der Waals surface area contributed by atoms with Crippen LogP contribution < -0.4 is 0 Å². The Morgan fingerprint density at radius 1 is 0.926 bits per heavy atom. The van der Waals surface area contributed by atoms with Crippen LogP contribution in [0.3, 0.4) is 0 Å². The van der Waals surface area contributed by atoms with Gasteiger partial charge in [-0.25, -0.2) is 9.37 Å². The van der Waals surface area contributed by atoms with Crippen LogP contribution in [0.2, 0.25) is 0 Å². The second kappa shape index (κ2) is 7.62. The summed E-state index contributed by atoms with van der Waals surface area (Å²) < 4.78 is 14.0. The fourth-order valence-electron chi connectivity index (χ4n) is 4.13. The molecule has 5 nitrogen and oxygen atoms in total. The standard InChI is InChI=1S/C21H24FN3O2/c22-17-8-4-7-15-9-10-18(23-19(15)17)21(27)25-13-11-24(12-14-25)20(26)16-5-2-1-3-6-16/h4,7-10,16H,1-3,5-6,11-14H2. The zero-order chi connectivity index (χ0) is 18.8. The highest BCUT2D eigenvalue weighted by Crippen LogP contribution is 2.26. The van der Waals surface area contributed by atoms with Crippen molar-refractivity contribution < 1.29 is 14.0 Å². The lowest BCUT2D eigenvalue weighted by Gasteiger charge is -2.37. The molecule has 1 saturated heterocycles. The smallest absolute Gasteiger partial charge is 0.272 e. The SMILES string of the molecule is O=C(c1ccc2cccc(F)c2n1)N1CCN(C(=O)C2CCCCC2)CC1. The highest BCUT2D eigenvalue weighted by atomic mass is 19.1. The summed E-state index contributed by atoms with van der Waals surface area (Å²) in [6.45, 7) is 2.11. The van der Waals surface area contributed by atoms with E-state index in [9.17, 15) is 14.0 Å². The maximum absolute atomic E-state index is 14.0. The van der Waals surface area contributed by atoms with Crippen molar-refractivity contribution >= 4 is 22.7 Å². The quantitative estimate of drug-likeness (QED) is 0.817. The van der Waals surface area contributed by atoms with E-state index < -0.39 is 5.82 Å². The van der Waals surface area contributed by atoms with E-state index in [2.05, 4.69) is 4.98 Å². The van der Waals surface area contributed by atoms with Crippen molar-refractivity contribution in [3.8, 4) is 0 Å². The number of amides is 2. The molecule has 1 aliphatic heterocycles. The molecule has 27 heavy (non-hydrogen) atoms. The van der Waals surface area contributed by atoms with Crippen LogP contribution in [0.5, 0.6) is 0 Å². The molecular weight excluding hydrogens is 345 g/mol. The third-order valence-corrected chi connectivity index (χ3v) is 5.72. The number of rotatable bonds is 2. The Hall–Kier alpha value is -2.50. The van der Waals surface area contributed by atoms with Crippen molar-refractivity contribution in [2.45, 2.75) is 32.1 Å². The Bertz CT molecular complexity index is 856. The monoisotopic (exact) mass is 369 g/mol. The van der Waals surface area contributed by atoms with Crippen LogP contribution in [-0.2, 0) is 4.79 Å². The van der Waals surface area contributed by atoms with Gasteiger partial charge in [-0.05, 0) is 25.0 Å². The number of nitrogens with zero attached hydrogens (tertiary/aromatic N) is 3. The Balaban J connectivity index is 1.41. The van der Waals surface area contributed by atoms with Gasteiger partial charge in [-0.2, -0.15) is 0 Å². The number of carbonyl (C=O) groups excluding carboxylic acids is 2. The number of pyridine rings is 1. The van der Waals surface area contributed by atoms with E-state index in [1.807, 2.05) is 4.90 Å². The minimum Gasteiger partial charge on any atom is -0.339 e. The molecule has 0 spiro atoms. The molecule has 2 amide bonds. The van der Waals surface area contributed by atoms with E-state index in [4.69, 9.17) is 0 Å². The summed E-state index contributed by atoms with van der Waals surface area (Å²) in [5, 5.41) is 0.675. The molecule has 6 heteroatoms. The molecule has 142 valence electrons. The topological polar surface area (TPSA) is 53.5 Å². The van der Waals surface area contributed by atoms with E-state index in [0.717, 1.165) is 25.7 Å². The van der Waals surface area contributed by atoms with Gasteiger partial charge in [-0.3, -0.25) is 9.59 Å². The van der Waals surface area contributed by atoms with Gasteiger partial charge < -0.3 is 9.80 Å². The summed E-state index contributed by atoms with van der Waals surface area (Å²) >= 11 is 0. The van der Waals surface area contributed by atoms with E-state index in [1.165, 1.54) is 12.5 Å². The molecule has 1 aromatic carbocycles. The molecular formula is C21H24FN3O2. The molecule has 2 aromatic rings. The number of carbonyl (C=O) groups is 2. The molecule has 2 aliphatic rings. The molecule has 0 atom stereocenters. The highest BCUT2D eigenvalue weighted by Gasteiger charge is 2.30. The number of hydrogen-bond acceptors (Lipinski definition) is 3. The third kappa shape index (κ3) is 3.66. The minimum atomic E-state index is -0.426. The van der Waals surface area contributed by atoms with Gasteiger partial charge in [0.1, 0.15) is 17.0 Å². The molecule has 2 heterocycles. The second-order valence-electron chi connectivity index (χ2n) is 7.46. The zero-order valence-corrected chi connectivity index (χ0v) is 15.4. The molecule has 1 aliphatic carbocycles. The molecule has 4 rings (SSSR count). The second-order valence-corrected chi connectivity index (χ2v) is 7.46.